The van der Waals surface area contributed by atoms with Crippen LogP contribution in [0, 0.1) is 35.5 Å². The van der Waals surface area contributed by atoms with E-state index in [4.69, 9.17) is 9.47 Å². The average Bonchev–Trinajstić information content (AvgIpc) is 3.45. The van der Waals surface area contributed by atoms with Crippen LogP contribution in [0.2, 0.25) is 0 Å². The van der Waals surface area contributed by atoms with Crippen LogP contribution in [0.15, 0.2) is 35.5 Å². The number of carbonyl (C=O) groups excluding carboxylic acids is 2. The van der Waals surface area contributed by atoms with Gasteiger partial charge in [-0.2, -0.15) is 10.1 Å². The smallest absolute Gasteiger partial charge is 0.254 e. The van der Waals surface area contributed by atoms with E-state index in [0.29, 0.717) is 28.9 Å². The topological polar surface area (TPSA) is 68.2 Å². The zero-order valence-corrected chi connectivity index (χ0v) is 14.7. The van der Waals surface area contributed by atoms with Crippen LogP contribution in [-0.2, 0) is 9.59 Å². The average molecular weight is 352 g/mol. The quantitative estimate of drug-likeness (QED) is 0.473. The van der Waals surface area contributed by atoms with Crippen molar-refractivity contribution in [2.45, 2.75) is 6.42 Å². The SMILES string of the molecule is COc1cccc(/C=N\N2C(=O)[C@H]3[C@@H]4C=C[C@H]([C@@H]5C[C@H]45)[C@@H]3C2=O)c1OC. The molecule has 1 heterocycles. The van der Waals surface area contributed by atoms with Gasteiger partial charge in [-0.15, -0.1) is 0 Å². The highest BCUT2D eigenvalue weighted by Crippen LogP contribution is 2.65. The van der Waals surface area contributed by atoms with Crippen LogP contribution in [0.1, 0.15) is 12.0 Å². The number of nitrogens with zero attached hydrogens (tertiary/aromatic N) is 2. The third-order valence-corrected chi connectivity index (χ3v) is 6.39. The normalized spacial score (nSPS) is 36.5. The van der Waals surface area contributed by atoms with E-state index in [0.717, 1.165) is 11.4 Å². The minimum atomic E-state index is -0.231. The first-order valence-corrected chi connectivity index (χ1v) is 8.96. The number of hydrogen-bond donors (Lipinski definition) is 0. The number of ether oxygens (including phenoxy) is 2. The molecule has 0 aromatic heterocycles. The van der Waals surface area contributed by atoms with Crippen molar-refractivity contribution in [3.05, 3.63) is 35.9 Å². The number of amides is 2. The molecule has 3 fully saturated rings. The zero-order valence-electron chi connectivity index (χ0n) is 14.7. The molecule has 0 spiro atoms. The van der Waals surface area contributed by atoms with Crippen molar-refractivity contribution >= 4 is 18.0 Å². The second kappa shape index (κ2) is 5.43. The van der Waals surface area contributed by atoms with Crippen molar-refractivity contribution in [2.24, 2.45) is 40.6 Å². The largest absolute Gasteiger partial charge is 0.493 e. The second-order valence-corrected chi connectivity index (χ2v) is 7.47. The number of hydrazone groups is 1. The van der Waals surface area contributed by atoms with Crippen LogP contribution in [0.5, 0.6) is 11.5 Å². The van der Waals surface area contributed by atoms with Crippen molar-refractivity contribution in [3.63, 3.8) is 0 Å². The number of para-hydroxylation sites is 1. The molecule has 0 unspecified atom stereocenters. The number of rotatable bonds is 4. The minimum absolute atomic E-state index is 0.164. The Morgan fingerprint density at radius 2 is 1.69 bits per heavy atom. The monoisotopic (exact) mass is 352 g/mol. The van der Waals surface area contributed by atoms with E-state index in [9.17, 15) is 9.59 Å². The molecule has 6 atom stereocenters. The fourth-order valence-electron chi connectivity index (χ4n) is 5.19. The summed E-state index contributed by atoms with van der Waals surface area (Å²) in [6, 6.07) is 5.41. The van der Waals surface area contributed by atoms with Gasteiger partial charge in [-0.05, 0) is 42.2 Å². The zero-order chi connectivity index (χ0) is 18.0. The van der Waals surface area contributed by atoms with Crippen LogP contribution in [0.25, 0.3) is 0 Å². The van der Waals surface area contributed by atoms with Gasteiger partial charge in [0.15, 0.2) is 11.5 Å². The number of imide groups is 1. The molecule has 6 nitrogen and oxygen atoms in total. The van der Waals surface area contributed by atoms with E-state index < -0.39 is 0 Å². The van der Waals surface area contributed by atoms with E-state index in [2.05, 4.69) is 17.3 Å². The van der Waals surface area contributed by atoms with Gasteiger partial charge < -0.3 is 9.47 Å². The summed E-state index contributed by atoms with van der Waals surface area (Å²) in [7, 11) is 3.11. The molecule has 134 valence electrons. The van der Waals surface area contributed by atoms with E-state index in [1.807, 2.05) is 12.1 Å². The molecule has 0 N–H and O–H groups in total. The molecule has 2 saturated carbocycles. The Balaban J connectivity index is 1.45. The lowest BCUT2D eigenvalue weighted by Crippen LogP contribution is -2.40. The van der Waals surface area contributed by atoms with Gasteiger partial charge >= 0.3 is 0 Å². The van der Waals surface area contributed by atoms with Gasteiger partial charge in [0.1, 0.15) is 0 Å². The van der Waals surface area contributed by atoms with Gasteiger partial charge in [0.25, 0.3) is 11.8 Å². The predicted molar refractivity (Wildman–Crippen MR) is 93.7 cm³/mol. The summed E-state index contributed by atoms with van der Waals surface area (Å²) in [6.07, 6.45) is 6.97. The Morgan fingerprint density at radius 1 is 1.04 bits per heavy atom. The maximum atomic E-state index is 12.9. The molecular weight excluding hydrogens is 332 g/mol. The Labute approximate surface area is 151 Å². The first-order valence-electron chi connectivity index (χ1n) is 8.96. The summed E-state index contributed by atoms with van der Waals surface area (Å²) in [5, 5.41) is 5.32. The first kappa shape index (κ1) is 15.6. The third kappa shape index (κ3) is 1.95. The molecule has 2 bridgehead atoms. The fourth-order valence-corrected chi connectivity index (χ4v) is 5.19. The Morgan fingerprint density at radius 3 is 2.27 bits per heavy atom. The second-order valence-electron chi connectivity index (χ2n) is 7.47. The van der Waals surface area contributed by atoms with E-state index in [-0.39, 0.29) is 35.5 Å². The summed E-state index contributed by atoms with van der Waals surface area (Å²) >= 11 is 0. The summed E-state index contributed by atoms with van der Waals surface area (Å²) in [6.45, 7) is 0. The molecule has 26 heavy (non-hydrogen) atoms. The van der Waals surface area contributed by atoms with Gasteiger partial charge in [0, 0.05) is 5.56 Å². The van der Waals surface area contributed by atoms with Gasteiger partial charge in [-0.25, -0.2) is 0 Å². The highest BCUT2D eigenvalue weighted by atomic mass is 16.5. The van der Waals surface area contributed by atoms with Crippen LogP contribution in [0.3, 0.4) is 0 Å². The fraction of sp³-hybridized carbons (Fsp3) is 0.450. The van der Waals surface area contributed by atoms with Crippen LogP contribution in [-0.4, -0.2) is 37.3 Å². The first-order chi connectivity index (χ1) is 12.7. The van der Waals surface area contributed by atoms with Crippen molar-refractivity contribution in [1.29, 1.82) is 0 Å². The molecule has 4 aliphatic carbocycles. The van der Waals surface area contributed by atoms with Gasteiger partial charge in [-0.3, -0.25) is 9.59 Å². The summed E-state index contributed by atoms with van der Waals surface area (Å²) in [5.41, 5.74) is 0.659. The molecule has 1 saturated heterocycles. The van der Waals surface area contributed by atoms with Crippen LogP contribution >= 0.6 is 0 Å². The lowest BCUT2D eigenvalue weighted by Gasteiger charge is -2.37. The van der Waals surface area contributed by atoms with E-state index in [1.165, 1.54) is 6.21 Å². The number of benzene rings is 1. The maximum absolute atomic E-state index is 12.9. The van der Waals surface area contributed by atoms with Crippen LogP contribution in [0.4, 0.5) is 0 Å². The number of carbonyl (C=O) groups is 2. The Hall–Kier alpha value is -2.63. The highest BCUT2D eigenvalue weighted by Gasteiger charge is 2.67. The highest BCUT2D eigenvalue weighted by molar-refractivity contribution is 6.06. The minimum Gasteiger partial charge on any atom is -0.493 e. The maximum Gasteiger partial charge on any atom is 0.254 e. The van der Waals surface area contributed by atoms with Crippen molar-refractivity contribution in [2.75, 3.05) is 14.2 Å². The van der Waals surface area contributed by atoms with Gasteiger partial charge in [0.2, 0.25) is 0 Å². The summed E-state index contributed by atoms with van der Waals surface area (Å²) in [5.74, 6) is 1.90. The van der Waals surface area contributed by atoms with Gasteiger partial charge in [-0.1, -0.05) is 18.2 Å². The number of allylic oxidation sites excluding steroid dienone is 2. The number of methoxy groups -OCH3 is 2. The molecule has 0 radical (unpaired) electrons. The van der Waals surface area contributed by atoms with E-state index >= 15 is 0 Å². The Kier molecular flexibility index (Phi) is 3.26. The number of hydrogen-bond acceptors (Lipinski definition) is 5. The third-order valence-electron chi connectivity index (χ3n) is 6.39. The lowest BCUT2D eigenvalue weighted by atomic mass is 9.63. The summed E-state index contributed by atoms with van der Waals surface area (Å²) < 4.78 is 10.7. The molecular formula is C20H20N2O4. The standard InChI is InChI=1S/C20H20N2O4/c1-25-15-5-3-4-10(18(15)26-2)9-21-22-19(23)16-11-6-7-12(14-8-13(11)14)17(16)20(22)24/h3-7,9,11-14,16-17H,8H2,1-2H3/b21-9-/t11-,12-,13-,14+,16+,17+/m1/s1. The summed E-state index contributed by atoms with van der Waals surface area (Å²) in [4.78, 5) is 25.8. The molecule has 1 aliphatic heterocycles. The molecule has 2 amide bonds. The molecule has 6 heteroatoms. The van der Waals surface area contributed by atoms with Crippen molar-refractivity contribution in [1.82, 2.24) is 5.01 Å². The van der Waals surface area contributed by atoms with Crippen molar-refractivity contribution < 1.29 is 19.1 Å². The Bertz CT molecular complexity index is 825. The predicted octanol–water partition coefficient (Wildman–Crippen LogP) is 2.09. The molecule has 6 rings (SSSR count). The van der Waals surface area contributed by atoms with E-state index in [1.54, 1.807) is 20.3 Å². The molecule has 1 aromatic rings. The van der Waals surface area contributed by atoms with Crippen LogP contribution < -0.4 is 9.47 Å². The van der Waals surface area contributed by atoms with Crippen molar-refractivity contribution in [3.8, 4) is 11.5 Å². The van der Waals surface area contributed by atoms with Gasteiger partial charge in [0.05, 0.1) is 32.3 Å². The lowest BCUT2D eigenvalue weighted by molar-refractivity contribution is -0.140. The molecule has 1 aromatic carbocycles. The molecule has 5 aliphatic rings.